The molecule has 0 fully saturated rings. The molecule has 0 saturated carbocycles. The number of amides is 1. The quantitative estimate of drug-likeness (QED) is 0.299. The SMILES string of the molecule is CC(C)(C)OC(=O)NCC(c1c[nH]c2ccccc12)[N+]([O-])=Cc1ccccc1. The number of H-pyrrole nitrogens is 1. The summed E-state index contributed by atoms with van der Waals surface area (Å²) in [6.07, 6.45) is 2.80. The van der Waals surface area contributed by atoms with Crippen molar-refractivity contribution in [3.63, 3.8) is 0 Å². The highest BCUT2D eigenvalue weighted by molar-refractivity contribution is 5.84. The smallest absolute Gasteiger partial charge is 0.407 e. The summed E-state index contributed by atoms with van der Waals surface area (Å²) in [7, 11) is 0. The first-order chi connectivity index (χ1) is 13.3. The van der Waals surface area contributed by atoms with Crippen molar-refractivity contribution >= 4 is 23.2 Å². The number of para-hydroxylation sites is 1. The highest BCUT2D eigenvalue weighted by Crippen LogP contribution is 2.26. The third-order valence-corrected chi connectivity index (χ3v) is 4.20. The Kier molecular flexibility index (Phi) is 5.68. The van der Waals surface area contributed by atoms with Crippen LogP contribution in [0.4, 0.5) is 4.79 Å². The van der Waals surface area contributed by atoms with Crippen LogP contribution in [0, 0.1) is 5.21 Å². The molecule has 1 amide bonds. The minimum absolute atomic E-state index is 0.115. The van der Waals surface area contributed by atoms with Gasteiger partial charge in [0, 0.05) is 28.2 Å². The lowest BCUT2D eigenvalue weighted by molar-refractivity contribution is -0.500. The molecule has 0 radical (unpaired) electrons. The average molecular weight is 379 g/mol. The summed E-state index contributed by atoms with van der Waals surface area (Å²) >= 11 is 0. The van der Waals surface area contributed by atoms with Crippen LogP contribution in [0.5, 0.6) is 0 Å². The second kappa shape index (κ2) is 8.17. The van der Waals surface area contributed by atoms with E-state index in [-0.39, 0.29) is 6.54 Å². The van der Waals surface area contributed by atoms with Crippen LogP contribution in [0.25, 0.3) is 10.9 Å². The number of aromatic nitrogens is 1. The highest BCUT2D eigenvalue weighted by atomic mass is 16.6. The molecule has 1 atom stereocenters. The molecule has 0 spiro atoms. The Balaban J connectivity index is 1.90. The summed E-state index contributed by atoms with van der Waals surface area (Å²) in [6.45, 7) is 5.51. The van der Waals surface area contributed by atoms with Gasteiger partial charge in [-0.15, -0.1) is 0 Å². The van der Waals surface area contributed by atoms with E-state index >= 15 is 0 Å². The summed E-state index contributed by atoms with van der Waals surface area (Å²) in [4.78, 5) is 15.3. The van der Waals surface area contributed by atoms with Crippen LogP contribution in [-0.2, 0) is 4.74 Å². The van der Waals surface area contributed by atoms with Gasteiger partial charge in [0.2, 0.25) is 6.04 Å². The van der Waals surface area contributed by atoms with Gasteiger partial charge in [-0.25, -0.2) is 9.53 Å². The summed E-state index contributed by atoms with van der Waals surface area (Å²) < 4.78 is 6.18. The fraction of sp³-hybridized carbons (Fsp3) is 0.273. The molecule has 0 aliphatic heterocycles. The largest absolute Gasteiger partial charge is 0.623 e. The molecule has 0 bridgehead atoms. The van der Waals surface area contributed by atoms with E-state index < -0.39 is 17.7 Å². The molecule has 2 aromatic carbocycles. The van der Waals surface area contributed by atoms with Gasteiger partial charge >= 0.3 is 6.09 Å². The molecule has 1 aromatic heterocycles. The van der Waals surface area contributed by atoms with Gasteiger partial charge in [-0.3, -0.25) is 0 Å². The lowest BCUT2D eigenvalue weighted by Gasteiger charge is -2.21. The summed E-state index contributed by atoms with van der Waals surface area (Å²) in [5.41, 5.74) is 1.94. The van der Waals surface area contributed by atoms with Gasteiger partial charge in [0.1, 0.15) is 5.60 Å². The number of rotatable bonds is 5. The van der Waals surface area contributed by atoms with Crippen molar-refractivity contribution in [2.24, 2.45) is 0 Å². The number of fused-ring (bicyclic) bond motifs is 1. The van der Waals surface area contributed by atoms with Crippen LogP contribution in [0.2, 0.25) is 0 Å². The van der Waals surface area contributed by atoms with E-state index in [4.69, 9.17) is 4.74 Å². The number of carbonyl (C=O) groups excluding carboxylic acids is 1. The number of hydrogen-bond donors (Lipinski definition) is 2. The zero-order valence-corrected chi connectivity index (χ0v) is 16.3. The maximum Gasteiger partial charge on any atom is 0.407 e. The predicted octanol–water partition coefficient (Wildman–Crippen LogP) is 4.36. The van der Waals surface area contributed by atoms with Crippen molar-refractivity contribution in [3.05, 3.63) is 77.1 Å². The minimum Gasteiger partial charge on any atom is -0.623 e. The van der Waals surface area contributed by atoms with Crippen LogP contribution in [0.15, 0.2) is 60.8 Å². The molecule has 1 unspecified atom stereocenters. The van der Waals surface area contributed by atoms with Crippen molar-refractivity contribution in [3.8, 4) is 0 Å². The topological polar surface area (TPSA) is 80.2 Å². The molecule has 28 heavy (non-hydrogen) atoms. The lowest BCUT2D eigenvalue weighted by Crippen LogP contribution is -2.36. The van der Waals surface area contributed by atoms with Crippen LogP contribution in [0.3, 0.4) is 0 Å². The Morgan fingerprint density at radius 1 is 1.18 bits per heavy atom. The monoisotopic (exact) mass is 379 g/mol. The van der Waals surface area contributed by atoms with E-state index in [0.717, 1.165) is 26.8 Å². The Labute approximate surface area is 164 Å². The molecule has 0 aliphatic rings. The second-order valence-electron chi connectivity index (χ2n) is 7.59. The third kappa shape index (κ3) is 4.91. The molecule has 3 rings (SSSR count). The van der Waals surface area contributed by atoms with Gasteiger partial charge < -0.3 is 20.2 Å². The van der Waals surface area contributed by atoms with Gasteiger partial charge in [0.15, 0.2) is 6.21 Å². The van der Waals surface area contributed by atoms with Crippen molar-refractivity contribution in [1.82, 2.24) is 10.3 Å². The van der Waals surface area contributed by atoms with Gasteiger partial charge in [-0.2, -0.15) is 0 Å². The first-order valence-electron chi connectivity index (χ1n) is 9.22. The molecule has 6 heteroatoms. The van der Waals surface area contributed by atoms with Gasteiger partial charge in [0.05, 0.1) is 6.54 Å². The average Bonchev–Trinajstić information content (AvgIpc) is 3.05. The Morgan fingerprint density at radius 3 is 2.57 bits per heavy atom. The van der Waals surface area contributed by atoms with E-state index in [2.05, 4.69) is 10.3 Å². The van der Waals surface area contributed by atoms with Crippen LogP contribution in [0.1, 0.15) is 37.9 Å². The van der Waals surface area contributed by atoms with Crippen molar-refractivity contribution in [2.75, 3.05) is 6.54 Å². The van der Waals surface area contributed by atoms with Gasteiger partial charge in [-0.05, 0) is 39.0 Å². The molecular formula is C22H25N3O3. The van der Waals surface area contributed by atoms with Crippen molar-refractivity contribution in [2.45, 2.75) is 32.4 Å². The Bertz CT molecular complexity index is 971. The first-order valence-corrected chi connectivity index (χ1v) is 9.22. The number of alkyl carbamates (subject to hydrolysis) is 1. The Hall–Kier alpha value is -3.28. The highest BCUT2D eigenvalue weighted by Gasteiger charge is 2.25. The number of benzene rings is 2. The van der Waals surface area contributed by atoms with E-state index in [1.807, 2.05) is 60.8 Å². The maximum atomic E-state index is 13.0. The van der Waals surface area contributed by atoms with Crippen LogP contribution >= 0.6 is 0 Å². The molecule has 3 aromatic rings. The number of carbonyl (C=O) groups is 1. The summed E-state index contributed by atoms with van der Waals surface area (Å²) in [6, 6.07) is 16.5. The molecule has 0 aliphatic carbocycles. The number of ether oxygens (including phenoxy) is 1. The normalized spacial score (nSPS) is 13.3. The number of hydroxylamine groups is 1. The Morgan fingerprint density at radius 2 is 1.86 bits per heavy atom. The van der Waals surface area contributed by atoms with Crippen LogP contribution in [-0.4, -0.2) is 34.2 Å². The fourth-order valence-electron chi connectivity index (χ4n) is 2.98. The predicted molar refractivity (Wildman–Crippen MR) is 111 cm³/mol. The molecule has 6 nitrogen and oxygen atoms in total. The molecule has 146 valence electrons. The standard InChI is InChI=1S/C22H25N3O3/c1-22(2,3)28-21(26)24-14-20(25(27)15-16-9-5-4-6-10-16)18-13-23-19-12-8-7-11-17(18)19/h4-13,15,20,23H,14H2,1-3H3,(H,24,26). The maximum absolute atomic E-state index is 13.0. The molecular weight excluding hydrogens is 354 g/mol. The number of aromatic amines is 1. The van der Waals surface area contributed by atoms with E-state index in [1.165, 1.54) is 6.21 Å². The van der Waals surface area contributed by atoms with Gasteiger partial charge in [0.25, 0.3) is 0 Å². The van der Waals surface area contributed by atoms with Crippen molar-refractivity contribution in [1.29, 1.82) is 0 Å². The molecule has 1 heterocycles. The lowest BCUT2D eigenvalue weighted by atomic mass is 10.1. The van der Waals surface area contributed by atoms with E-state index in [1.54, 1.807) is 20.8 Å². The van der Waals surface area contributed by atoms with E-state index in [0.29, 0.717) is 0 Å². The number of nitrogens with one attached hydrogen (secondary N) is 2. The third-order valence-electron chi connectivity index (χ3n) is 4.20. The molecule has 0 saturated heterocycles. The zero-order chi connectivity index (χ0) is 20.1. The van der Waals surface area contributed by atoms with E-state index in [9.17, 15) is 10.0 Å². The molecule has 2 N–H and O–H groups in total. The number of nitrogens with zero attached hydrogens (tertiary/aromatic N) is 1. The fourth-order valence-corrected chi connectivity index (χ4v) is 2.98. The van der Waals surface area contributed by atoms with Gasteiger partial charge in [-0.1, -0.05) is 36.4 Å². The summed E-state index contributed by atoms with van der Waals surface area (Å²) in [5, 5.41) is 16.7. The number of hydrogen-bond acceptors (Lipinski definition) is 3. The van der Waals surface area contributed by atoms with Crippen LogP contribution < -0.4 is 5.32 Å². The minimum atomic E-state index is -0.608. The summed E-state index contributed by atoms with van der Waals surface area (Å²) in [5.74, 6) is 0. The first kappa shape index (κ1) is 19.5. The zero-order valence-electron chi connectivity index (χ0n) is 16.3. The van der Waals surface area contributed by atoms with Crippen molar-refractivity contribution < 1.29 is 14.3 Å². The second-order valence-corrected chi connectivity index (χ2v) is 7.59.